The summed E-state index contributed by atoms with van der Waals surface area (Å²) in [5.41, 5.74) is 0.961. The second kappa shape index (κ2) is 7.53. The number of anilines is 1. The minimum atomic E-state index is -0.252. The SMILES string of the molecule is CCCC(Nc1cccc(I)c1)C(=O)OCC. The fraction of sp³-hybridized carbons (Fsp3) is 0.462. The zero-order chi connectivity index (χ0) is 12.7. The first kappa shape index (κ1) is 14.3. The Morgan fingerprint density at radius 3 is 2.82 bits per heavy atom. The van der Waals surface area contributed by atoms with Crippen LogP contribution in [0.2, 0.25) is 0 Å². The van der Waals surface area contributed by atoms with E-state index in [-0.39, 0.29) is 12.0 Å². The van der Waals surface area contributed by atoms with E-state index in [9.17, 15) is 4.79 Å². The van der Waals surface area contributed by atoms with Crippen molar-refractivity contribution in [1.29, 1.82) is 0 Å². The Morgan fingerprint density at radius 2 is 2.24 bits per heavy atom. The van der Waals surface area contributed by atoms with Gasteiger partial charge in [0, 0.05) is 9.26 Å². The van der Waals surface area contributed by atoms with Crippen LogP contribution in [0.1, 0.15) is 26.7 Å². The van der Waals surface area contributed by atoms with Gasteiger partial charge < -0.3 is 10.1 Å². The quantitative estimate of drug-likeness (QED) is 0.633. The van der Waals surface area contributed by atoms with Crippen molar-refractivity contribution in [2.24, 2.45) is 0 Å². The number of ether oxygens (including phenoxy) is 1. The number of hydrogen-bond donors (Lipinski definition) is 1. The molecule has 0 heterocycles. The smallest absolute Gasteiger partial charge is 0.328 e. The van der Waals surface area contributed by atoms with Crippen LogP contribution in [0.5, 0.6) is 0 Å². The van der Waals surface area contributed by atoms with Crippen molar-refractivity contribution in [2.75, 3.05) is 11.9 Å². The van der Waals surface area contributed by atoms with Gasteiger partial charge in [-0.05, 0) is 54.1 Å². The van der Waals surface area contributed by atoms with Gasteiger partial charge in [0.1, 0.15) is 6.04 Å². The molecule has 0 bridgehead atoms. The summed E-state index contributed by atoms with van der Waals surface area (Å²) in [5.74, 6) is -0.173. The lowest BCUT2D eigenvalue weighted by Crippen LogP contribution is -2.31. The number of benzene rings is 1. The summed E-state index contributed by atoms with van der Waals surface area (Å²) in [4.78, 5) is 11.7. The van der Waals surface area contributed by atoms with Gasteiger partial charge in [0.25, 0.3) is 0 Å². The Balaban J connectivity index is 2.69. The Labute approximate surface area is 116 Å². The van der Waals surface area contributed by atoms with Gasteiger partial charge in [0.15, 0.2) is 0 Å². The average molecular weight is 347 g/mol. The van der Waals surface area contributed by atoms with E-state index < -0.39 is 0 Å². The maximum absolute atomic E-state index is 11.7. The molecule has 1 rings (SSSR count). The predicted molar refractivity (Wildman–Crippen MR) is 78.1 cm³/mol. The van der Waals surface area contributed by atoms with Gasteiger partial charge >= 0.3 is 5.97 Å². The highest BCUT2D eigenvalue weighted by Gasteiger charge is 2.18. The van der Waals surface area contributed by atoms with Gasteiger partial charge in [-0.2, -0.15) is 0 Å². The van der Waals surface area contributed by atoms with Crippen LogP contribution in [0, 0.1) is 3.57 Å². The van der Waals surface area contributed by atoms with Gasteiger partial charge in [-0.25, -0.2) is 4.79 Å². The van der Waals surface area contributed by atoms with E-state index in [0.29, 0.717) is 6.61 Å². The number of hydrogen-bond acceptors (Lipinski definition) is 3. The molecule has 0 saturated heterocycles. The van der Waals surface area contributed by atoms with Crippen LogP contribution in [0.25, 0.3) is 0 Å². The first-order valence-electron chi connectivity index (χ1n) is 5.86. The topological polar surface area (TPSA) is 38.3 Å². The van der Waals surface area contributed by atoms with E-state index in [0.717, 1.165) is 22.1 Å². The third-order valence-electron chi connectivity index (χ3n) is 2.31. The molecule has 0 aliphatic heterocycles. The van der Waals surface area contributed by atoms with Crippen LogP contribution in [0.15, 0.2) is 24.3 Å². The molecule has 0 spiro atoms. The van der Waals surface area contributed by atoms with Crippen LogP contribution in [0.4, 0.5) is 5.69 Å². The molecule has 0 aliphatic carbocycles. The zero-order valence-electron chi connectivity index (χ0n) is 10.2. The Bertz CT molecular complexity index is 368. The number of esters is 1. The Hall–Kier alpha value is -0.780. The molecule has 1 unspecified atom stereocenters. The number of carbonyl (C=O) groups is 1. The molecule has 0 saturated carbocycles. The van der Waals surface area contributed by atoms with Gasteiger partial charge in [0.2, 0.25) is 0 Å². The number of nitrogens with one attached hydrogen (secondary N) is 1. The summed E-state index contributed by atoms with van der Waals surface area (Å²) in [6.07, 6.45) is 1.73. The molecule has 4 heteroatoms. The summed E-state index contributed by atoms with van der Waals surface area (Å²) in [7, 11) is 0. The van der Waals surface area contributed by atoms with Gasteiger partial charge in [-0.1, -0.05) is 19.4 Å². The van der Waals surface area contributed by atoms with Crippen molar-refractivity contribution in [3.05, 3.63) is 27.8 Å². The Kier molecular flexibility index (Phi) is 6.32. The van der Waals surface area contributed by atoms with Crippen molar-refractivity contribution >= 4 is 34.2 Å². The molecule has 1 aromatic carbocycles. The van der Waals surface area contributed by atoms with Crippen molar-refractivity contribution in [1.82, 2.24) is 0 Å². The van der Waals surface area contributed by atoms with E-state index >= 15 is 0 Å². The Morgan fingerprint density at radius 1 is 1.47 bits per heavy atom. The standard InChI is InChI=1S/C13H18INO2/c1-3-6-12(13(16)17-4-2)15-11-8-5-7-10(14)9-11/h5,7-9,12,15H,3-4,6H2,1-2H3. The molecular weight excluding hydrogens is 329 g/mol. The molecule has 3 nitrogen and oxygen atoms in total. The third-order valence-corrected chi connectivity index (χ3v) is 2.98. The van der Waals surface area contributed by atoms with Crippen LogP contribution >= 0.6 is 22.6 Å². The summed E-state index contributed by atoms with van der Waals surface area (Å²) < 4.78 is 6.20. The molecule has 94 valence electrons. The van der Waals surface area contributed by atoms with Crippen LogP contribution in [-0.2, 0) is 9.53 Å². The molecular formula is C13H18INO2. The van der Waals surface area contributed by atoms with Gasteiger partial charge in [-0.3, -0.25) is 0 Å². The number of rotatable bonds is 6. The lowest BCUT2D eigenvalue weighted by atomic mass is 10.1. The number of carbonyl (C=O) groups excluding carboxylic acids is 1. The zero-order valence-corrected chi connectivity index (χ0v) is 12.4. The fourth-order valence-electron chi connectivity index (χ4n) is 1.56. The van der Waals surface area contributed by atoms with Crippen LogP contribution in [0.3, 0.4) is 0 Å². The maximum Gasteiger partial charge on any atom is 0.328 e. The van der Waals surface area contributed by atoms with Gasteiger partial charge in [0.05, 0.1) is 6.61 Å². The van der Waals surface area contributed by atoms with Gasteiger partial charge in [-0.15, -0.1) is 0 Å². The fourth-order valence-corrected chi connectivity index (χ4v) is 2.10. The molecule has 0 radical (unpaired) electrons. The first-order chi connectivity index (χ1) is 8.17. The summed E-state index contributed by atoms with van der Waals surface area (Å²) in [5, 5.41) is 3.23. The number of halogens is 1. The van der Waals surface area contributed by atoms with Crippen LogP contribution in [-0.4, -0.2) is 18.6 Å². The highest BCUT2D eigenvalue weighted by Crippen LogP contribution is 2.15. The van der Waals surface area contributed by atoms with E-state index in [1.165, 1.54) is 0 Å². The second-order valence-corrected chi connectivity index (χ2v) is 4.99. The van der Waals surface area contributed by atoms with E-state index in [1.807, 2.05) is 31.2 Å². The minimum Gasteiger partial charge on any atom is -0.464 e. The lowest BCUT2D eigenvalue weighted by molar-refractivity contribution is -0.144. The molecule has 17 heavy (non-hydrogen) atoms. The van der Waals surface area contributed by atoms with E-state index in [4.69, 9.17) is 4.74 Å². The normalized spacial score (nSPS) is 11.9. The predicted octanol–water partition coefficient (Wildman–Crippen LogP) is 3.43. The largest absolute Gasteiger partial charge is 0.464 e. The molecule has 0 aliphatic rings. The second-order valence-electron chi connectivity index (χ2n) is 3.75. The van der Waals surface area contributed by atoms with Crippen molar-refractivity contribution < 1.29 is 9.53 Å². The average Bonchev–Trinajstić information content (AvgIpc) is 2.29. The van der Waals surface area contributed by atoms with Crippen molar-refractivity contribution in [3.63, 3.8) is 0 Å². The van der Waals surface area contributed by atoms with Crippen molar-refractivity contribution in [2.45, 2.75) is 32.7 Å². The highest BCUT2D eigenvalue weighted by atomic mass is 127. The molecule has 0 fully saturated rings. The molecule has 1 N–H and O–H groups in total. The highest BCUT2D eigenvalue weighted by molar-refractivity contribution is 14.1. The first-order valence-corrected chi connectivity index (χ1v) is 6.94. The monoisotopic (exact) mass is 347 g/mol. The third kappa shape index (κ3) is 4.93. The van der Waals surface area contributed by atoms with E-state index in [2.05, 4.69) is 34.8 Å². The van der Waals surface area contributed by atoms with Crippen LogP contribution < -0.4 is 5.32 Å². The molecule has 1 atom stereocenters. The molecule has 0 amide bonds. The maximum atomic E-state index is 11.7. The van der Waals surface area contributed by atoms with E-state index in [1.54, 1.807) is 0 Å². The summed E-state index contributed by atoms with van der Waals surface area (Å²) in [6, 6.07) is 7.72. The van der Waals surface area contributed by atoms with Crippen molar-refractivity contribution in [3.8, 4) is 0 Å². The summed E-state index contributed by atoms with van der Waals surface area (Å²) in [6.45, 7) is 4.31. The minimum absolute atomic E-state index is 0.173. The summed E-state index contributed by atoms with van der Waals surface area (Å²) >= 11 is 2.25. The molecule has 1 aromatic rings. The molecule has 0 aromatic heterocycles. The lowest BCUT2D eigenvalue weighted by Gasteiger charge is -2.17.